The average Bonchev–Trinajstić information content (AvgIpc) is 2.12. The fourth-order valence-electron chi connectivity index (χ4n) is 0.560. The molecular weight excluding hydrogens is 106 g/mol. The summed E-state index contributed by atoms with van der Waals surface area (Å²) < 4.78 is 0. The van der Waals surface area contributed by atoms with E-state index in [1.807, 2.05) is 0 Å². The maximum atomic E-state index is 10.3. The van der Waals surface area contributed by atoms with Gasteiger partial charge < -0.3 is 11.2 Å². The van der Waals surface area contributed by atoms with E-state index in [0.29, 0.717) is 12.1 Å². The van der Waals surface area contributed by atoms with Crippen LogP contribution in [-0.2, 0) is 4.79 Å². The van der Waals surface area contributed by atoms with Crippen molar-refractivity contribution in [1.82, 2.24) is 5.43 Å². The number of primary amides is 1. The van der Waals surface area contributed by atoms with Crippen LogP contribution in [0.3, 0.4) is 0 Å². The Morgan fingerprint density at radius 1 is 1.88 bits per heavy atom. The molecule has 0 unspecified atom stereocenters. The van der Waals surface area contributed by atoms with Crippen LogP contribution in [0.4, 0.5) is 0 Å². The highest BCUT2D eigenvalue weighted by molar-refractivity contribution is 6.38. The Bertz CT molecular complexity index is 140. The highest BCUT2D eigenvalue weighted by atomic mass is 16.1. The molecule has 1 heterocycles. The largest absolute Gasteiger partial charge is 0.364 e. The molecule has 0 aliphatic carbocycles. The molecule has 44 valence electrons. The van der Waals surface area contributed by atoms with E-state index in [1.165, 1.54) is 0 Å². The number of nitrogens with two attached hydrogens (primary N) is 1. The molecule has 1 amide bonds. The van der Waals surface area contributed by atoms with Crippen LogP contribution in [0.5, 0.6) is 0 Å². The van der Waals surface area contributed by atoms with Crippen molar-refractivity contribution in [3.05, 3.63) is 0 Å². The third-order valence-corrected chi connectivity index (χ3v) is 0.972. The lowest BCUT2D eigenvalue weighted by molar-refractivity contribution is -0.112. The highest BCUT2D eigenvalue weighted by Gasteiger charge is 2.10. The van der Waals surface area contributed by atoms with Gasteiger partial charge in [-0.1, -0.05) is 0 Å². The van der Waals surface area contributed by atoms with Crippen molar-refractivity contribution in [1.29, 1.82) is 0 Å². The third-order valence-electron chi connectivity index (χ3n) is 0.972. The van der Waals surface area contributed by atoms with E-state index in [0.717, 1.165) is 6.54 Å². The summed E-state index contributed by atoms with van der Waals surface area (Å²) in [5, 5.41) is 3.63. The van der Waals surface area contributed by atoms with E-state index in [1.54, 1.807) is 0 Å². The number of hydrogen-bond acceptors (Lipinski definition) is 3. The molecule has 0 saturated carbocycles. The molecule has 0 bridgehead atoms. The molecule has 0 aromatic carbocycles. The van der Waals surface area contributed by atoms with Crippen LogP contribution in [-0.4, -0.2) is 18.2 Å². The van der Waals surface area contributed by atoms with Crippen LogP contribution in [0.2, 0.25) is 0 Å². The molecule has 0 radical (unpaired) electrons. The first-order valence-electron chi connectivity index (χ1n) is 2.40. The van der Waals surface area contributed by atoms with Gasteiger partial charge >= 0.3 is 0 Å². The van der Waals surface area contributed by atoms with E-state index in [2.05, 4.69) is 10.5 Å². The van der Waals surface area contributed by atoms with E-state index in [-0.39, 0.29) is 0 Å². The van der Waals surface area contributed by atoms with Gasteiger partial charge in [0.2, 0.25) is 0 Å². The number of hydrogen-bond donors (Lipinski definition) is 2. The summed E-state index contributed by atoms with van der Waals surface area (Å²) in [4.78, 5) is 10.3. The monoisotopic (exact) mass is 113 g/mol. The molecule has 1 aliphatic heterocycles. The molecule has 0 aromatic heterocycles. The number of nitrogens with zero attached hydrogens (tertiary/aromatic N) is 1. The number of nitrogens with one attached hydrogen (secondary N) is 1. The fourth-order valence-corrected chi connectivity index (χ4v) is 0.560. The molecule has 8 heavy (non-hydrogen) atoms. The van der Waals surface area contributed by atoms with Gasteiger partial charge in [0.1, 0.15) is 5.71 Å². The van der Waals surface area contributed by atoms with Crippen molar-refractivity contribution in [3.8, 4) is 0 Å². The van der Waals surface area contributed by atoms with E-state index < -0.39 is 5.91 Å². The second-order valence-corrected chi connectivity index (χ2v) is 1.58. The standard InChI is InChI=1S/C4H7N3O/c5-4(8)3-1-2-6-7-3/h6H,1-2H2,(H2,5,8). The topological polar surface area (TPSA) is 67.5 Å². The lowest BCUT2D eigenvalue weighted by Gasteiger charge is -1.84. The second kappa shape index (κ2) is 1.81. The van der Waals surface area contributed by atoms with Crippen LogP contribution in [0.25, 0.3) is 0 Å². The number of carbonyl (C=O) groups is 1. The Labute approximate surface area is 46.7 Å². The summed E-state index contributed by atoms with van der Waals surface area (Å²) in [6.07, 6.45) is 0.662. The zero-order valence-corrected chi connectivity index (χ0v) is 4.35. The summed E-state index contributed by atoms with van der Waals surface area (Å²) in [5.74, 6) is -0.421. The van der Waals surface area contributed by atoms with E-state index in [4.69, 9.17) is 5.73 Å². The first-order chi connectivity index (χ1) is 3.80. The minimum atomic E-state index is -0.421. The SMILES string of the molecule is NC(=O)C1=NNCC1. The number of amides is 1. The molecule has 0 spiro atoms. The van der Waals surface area contributed by atoms with E-state index >= 15 is 0 Å². The maximum Gasteiger partial charge on any atom is 0.264 e. The summed E-state index contributed by atoms with van der Waals surface area (Å²) in [5.41, 5.74) is 7.98. The van der Waals surface area contributed by atoms with Crippen molar-refractivity contribution >= 4 is 11.6 Å². The first-order valence-corrected chi connectivity index (χ1v) is 2.40. The van der Waals surface area contributed by atoms with Crippen molar-refractivity contribution < 1.29 is 4.79 Å². The predicted molar refractivity (Wildman–Crippen MR) is 29.2 cm³/mol. The van der Waals surface area contributed by atoms with Crippen LogP contribution in [0, 0.1) is 0 Å². The first kappa shape index (κ1) is 5.08. The van der Waals surface area contributed by atoms with Crippen molar-refractivity contribution in [2.45, 2.75) is 6.42 Å². The molecule has 4 heteroatoms. The van der Waals surface area contributed by atoms with Crippen molar-refractivity contribution in [2.75, 3.05) is 6.54 Å². The van der Waals surface area contributed by atoms with Crippen molar-refractivity contribution in [2.24, 2.45) is 10.8 Å². The second-order valence-electron chi connectivity index (χ2n) is 1.58. The van der Waals surface area contributed by atoms with Gasteiger partial charge in [-0.2, -0.15) is 5.10 Å². The van der Waals surface area contributed by atoms with Crippen LogP contribution < -0.4 is 11.2 Å². The van der Waals surface area contributed by atoms with E-state index in [9.17, 15) is 4.79 Å². The molecule has 0 fully saturated rings. The fraction of sp³-hybridized carbons (Fsp3) is 0.500. The molecule has 0 aromatic rings. The molecular formula is C4H7N3O. The van der Waals surface area contributed by atoms with Gasteiger partial charge in [0.05, 0.1) is 0 Å². The molecule has 0 saturated heterocycles. The average molecular weight is 113 g/mol. The van der Waals surface area contributed by atoms with Gasteiger partial charge in [0, 0.05) is 13.0 Å². The van der Waals surface area contributed by atoms with Gasteiger partial charge in [-0.15, -0.1) is 0 Å². The number of hydrazone groups is 1. The zero-order valence-electron chi connectivity index (χ0n) is 4.35. The number of rotatable bonds is 1. The molecule has 1 rings (SSSR count). The molecule has 4 nitrogen and oxygen atoms in total. The summed E-state index contributed by atoms with van der Waals surface area (Å²) in [6, 6.07) is 0. The predicted octanol–water partition coefficient (Wildman–Crippen LogP) is -1.18. The van der Waals surface area contributed by atoms with Gasteiger partial charge in [-0.25, -0.2) is 0 Å². The Morgan fingerprint density at radius 3 is 2.88 bits per heavy atom. The third kappa shape index (κ3) is 0.776. The van der Waals surface area contributed by atoms with Gasteiger partial charge in [-0.05, 0) is 0 Å². The molecule has 1 aliphatic rings. The zero-order chi connectivity index (χ0) is 5.98. The Morgan fingerprint density at radius 2 is 2.62 bits per heavy atom. The van der Waals surface area contributed by atoms with Crippen molar-refractivity contribution in [3.63, 3.8) is 0 Å². The Kier molecular flexibility index (Phi) is 1.15. The minimum absolute atomic E-state index is 0.421. The minimum Gasteiger partial charge on any atom is -0.364 e. The lowest BCUT2D eigenvalue weighted by atomic mass is 10.3. The van der Waals surface area contributed by atoms with Gasteiger partial charge in [0.15, 0.2) is 0 Å². The van der Waals surface area contributed by atoms with Gasteiger partial charge in [-0.3, -0.25) is 4.79 Å². The Balaban J connectivity index is 2.57. The van der Waals surface area contributed by atoms with Crippen LogP contribution >= 0.6 is 0 Å². The lowest BCUT2D eigenvalue weighted by Crippen LogP contribution is -2.21. The summed E-state index contributed by atoms with van der Waals surface area (Å²) in [7, 11) is 0. The molecule has 3 N–H and O–H groups in total. The number of carbonyl (C=O) groups excluding carboxylic acids is 1. The van der Waals surface area contributed by atoms with Crippen LogP contribution in [0.15, 0.2) is 5.10 Å². The van der Waals surface area contributed by atoms with Gasteiger partial charge in [0.25, 0.3) is 5.91 Å². The highest BCUT2D eigenvalue weighted by Crippen LogP contribution is 1.90. The maximum absolute atomic E-state index is 10.3. The summed E-state index contributed by atoms with van der Waals surface area (Å²) >= 11 is 0. The summed E-state index contributed by atoms with van der Waals surface area (Å²) in [6.45, 7) is 0.734. The smallest absolute Gasteiger partial charge is 0.264 e. The Hall–Kier alpha value is -1.06. The molecule has 0 atom stereocenters. The quantitative estimate of drug-likeness (QED) is 0.449. The normalized spacial score (nSPS) is 17.2. The van der Waals surface area contributed by atoms with Crippen LogP contribution in [0.1, 0.15) is 6.42 Å².